The lowest BCUT2D eigenvalue weighted by atomic mass is 10.1. The number of hydrogen-bond donors (Lipinski definition) is 0. The summed E-state index contributed by atoms with van der Waals surface area (Å²) >= 11 is 0. The highest BCUT2D eigenvalue weighted by Gasteiger charge is 2.31. The van der Waals surface area contributed by atoms with Gasteiger partial charge in [0.1, 0.15) is 12.4 Å². The molecule has 1 amide bonds. The molecule has 2 aliphatic heterocycles. The van der Waals surface area contributed by atoms with Crippen molar-refractivity contribution in [3.63, 3.8) is 0 Å². The second-order valence-electron chi connectivity index (χ2n) is 8.10. The van der Waals surface area contributed by atoms with Crippen molar-refractivity contribution in [3.8, 4) is 5.75 Å². The maximum Gasteiger partial charge on any atom is 0.254 e. The third-order valence-electron chi connectivity index (χ3n) is 5.89. The van der Waals surface area contributed by atoms with Gasteiger partial charge in [-0.05, 0) is 75.5 Å². The van der Waals surface area contributed by atoms with Gasteiger partial charge in [-0.3, -0.25) is 4.79 Å². The van der Waals surface area contributed by atoms with Crippen molar-refractivity contribution in [1.29, 1.82) is 0 Å². The third kappa shape index (κ3) is 4.56. The largest absolute Gasteiger partial charge is 0.489 e. The van der Waals surface area contributed by atoms with Crippen LogP contribution in [0.3, 0.4) is 0 Å². The van der Waals surface area contributed by atoms with Gasteiger partial charge in [0.05, 0.1) is 0 Å². The van der Waals surface area contributed by atoms with E-state index in [0.717, 1.165) is 42.8 Å². The highest BCUT2D eigenvalue weighted by atomic mass is 16.5. The van der Waals surface area contributed by atoms with Gasteiger partial charge in [0.2, 0.25) is 0 Å². The first-order chi connectivity index (χ1) is 13.7. The van der Waals surface area contributed by atoms with Gasteiger partial charge in [-0.2, -0.15) is 0 Å². The molecule has 4 rings (SSSR count). The molecule has 0 spiro atoms. The normalized spacial score (nSPS) is 19.9. The van der Waals surface area contributed by atoms with Gasteiger partial charge in [-0.25, -0.2) is 0 Å². The zero-order valence-electron chi connectivity index (χ0n) is 16.8. The number of nitrogens with zero attached hydrogens (tertiary/aromatic N) is 2. The summed E-state index contributed by atoms with van der Waals surface area (Å²) in [5.74, 6) is 0.958. The summed E-state index contributed by atoms with van der Waals surface area (Å²) in [5.41, 5.74) is 3.15. The minimum atomic E-state index is 0.159. The fourth-order valence-electron chi connectivity index (χ4n) is 4.38. The lowest BCUT2D eigenvalue weighted by Crippen LogP contribution is -2.42. The van der Waals surface area contributed by atoms with E-state index in [4.69, 9.17) is 4.74 Å². The van der Waals surface area contributed by atoms with Gasteiger partial charge >= 0.3 is 0 Å². The van der Waals surface area contributed by atoms with Crippen LogP contribution in [0.5, 0.6) is 5.75 Å². The van der Waals surface area contributed by atoms with Crippen molar-refractivity contribution in [2.24, 2.45) is 0 Å². The average molecular weight is 379 g/mol. The summed E-state index contributed by atoms with van der Waals surface area (Å²) < 4.78 is 5.89. The average Bonchev–Trinajstić information content (AvgIpc) is 3.39. The number of hydrogen-bond acceptors (Lipinski definition) is 3. The zero-order chi connectivity index (χ0) is 19.3. The van der Waals surface area contributed by atoms with E-state index in [1.807, 2.05) is 30.3 Å². The van der Waals surface area contributed by atoms with E-state index >= 15 is 0 Å². The summed E-state index contributed by atoms with van der Waals surface area (Å²) in [6.07, 6.45) is 4.83. The van der Waals surface area contributed by atoms with E-state index < -0.39 is 0 Å². The van der Waals surface area contributed by atoms with Crippen LogP contribution in [0.15, 0.2) is 48.5 Å². The highest BCUT2D eigenvalue weighted by Crippen LogP contribution is 2.23. The Hall–Kier alpha value is -2.33. The molecule has 0 bridgehead atoms. The van der Waals surface area contributed by atoms with Crippen LogP contribution in [0.25, 0.3) is 0 Å². The van der Waals surface area contributed by atoms with E-state index in [1.54, 1.807) is 0 Å². The molecular weight excluding hydrogens is 348 g/mol. The molecular formula is C24H30N2O2. The lowest BCUT2D eigenvalue weighted by Gasteiger charge is -2.28. The predicted molar refractivity (Wildman–Crippen MR) is 112 cm³/mol. The summed E-state index contributed by atoms with van der Waals surface area (Å²) in [7, 11) is 0. The lowest BCUT2D eigenvalue weighted by molar-refractivity contribution is 0.0708. The molecule has 0 aromatic heterocycles. The van der Waals surface area contributed by atoms with Gasteiger partial charge in [-0.1, -0.05) is 29.8 Å². The smallest absolute Gasteiger partial charge is 0.254 e. The molecule has 1 unspecified atom stereocenters. The second-order valence-corrected chi connectivity index (χ2v) is 8.10. The van der Waals surface area contributed by atoms with Crippen molar-refractivity contribution in [2.75, 3.05) is 26.2 Å². The number of ether oxygens (including phenoxy) is 1. The van der Waals surface area contributed by atoms with Crippen LogP contribution in [-0.2, 0) is 6.61 Å². The van der Waals surface area contributed by atoms with Crippen LogP contribution in [0, 0.1) is 6.92 Å². The number of aryl methyl sites for hydroxylation is 1. The Bertz CT molecular complexity index is 797. The van der Waals surface area contributed by atoms with Crippen molar-refractivity contribution in [3.05, 3.63) is 65.2 Å². The molecule has 148 valence electrons. The summed E-state index contributed by atoms with van der Waals surface area (Å²) in [4.78, 5) is 17.6. The number of rotatable bonds is 6. The summed E-state index contributed by atoms with van der Waals surface area (Å²) in [5, 5.41) is 0. The van der Waals surface area contributed by atoms with Crippen LogP contribution in [0.2, 0.25) is 0 Å². The van der Waals surface area contributed by atoms with Crippen LogP contribution >= 0.6 is 0 Å². The molecule has 2 fully saturated rings. The van der Waals surface area contributed by atoms with Gasteiger partial charge in [0, 0.05) is 24.7 Å². The molecule has 2 saturated heterocycles. The molecule has 0 radical (unpaired) electrons. The van der Waals surface area contributed by atoms with Gasteiger partial charge in [0.25, 0.3) is 5.91 Å². The molecule has 2 aromatic carbocycles. The van der Waals surface area contributed by atoms with E-state index in [0.29, 0.717) is 12.6 Å². The van der Waals surface area contributed by atoms with Crippen LogP contribution in [0.4, 0.5) is 0 Å². The molecule has 2 aromatic rings. The topological polar surface area (TPSA) is 32.8 Å². The second kappa shape index (κ2) is 8.78. The molecule has 4 nitrogen and oxygen atoms in total. The fraction of sp³-hybridized carbons (Fsp3) is 0.458. The van der Waals surface area contributed by atoms with E-state index in [-0.39, 0.29) is 5.91 Å². The van der Waals surface area contributed by atoms with E-state index in [2.05, 4.69) is 34.9 Å². The van der Waals surface area contributed by atoms with Gasteiger partial charge < -0.3 is 14.5 Å². The highest BCUT2D eigenvalue weighted by molar-refractivity contribution is 5.94. The first kappa shape index (κ1) is 19.0. The molecule has 0 saturated carbocycles. The van der Waals surface area contributed by atoms with Crippen molar-refractivity contribution >= 4 is 5.91 Å². The number of carbonyl (C=O) groups is 1. The fourth-order valence-corrected chi connectivity index (χ4v) is 4.38. The monoisotopic (exact) mass is 378 g/mol. The Labute approximate surface area is 168 Å². The van der Waals surface area contributed by atoms with Crippen LogP contribution in [-0.4, -0.2) is 47.9 Å². The van der Waals surface area contributed by atoms with E-state index in [1.165, 1.54) is 31.5 Å². The van der Waals surface area contributed by atoms with Gasteiger partial charge in [-0.15, -0.1) is 0 Å². The van der Waals surface area contributed by atoms with Crippen LogP contribution in [0.1, 0.15) is 47.2 Å². The minimum absolute atomic E-state index is 0.159. The van der Waals surface area contributed by atoms with Crippen molar-refractivity contribution < 1.29 is 9.53 Å². The Kier molecular flexibility index (Phi) is 5.96. The molecule has 0 aliphatic carbocycles. The maximum absolute atomic E-state index is 13.0. The minimum Gasteiger partial charge on any atom is -0.489 e. The molecule has 1 atom stereocenters. The molecule has 2 aliphatic rings. The Morgan fingerprint density at radius 2 is 1.82 bits per heavy atom. The summed E-state index contributed by atoms with van der Waals surface area (Å²) in [6.45, 7) is 6.90. The predicted octanol–water partition coefficient (Wildman–Crippen LogP) is 4.27. The van der Waals surface area contributed by atoms with Crippen molar-refractivity contribution in [1.82, 2.24) is 9.80 Å². The molecule has 28 heavy (non-hydrogen) atoms. The Morgan fingerprint density at radius 1 is 1.04 bits per heavy atom. The Morgan fingerprint density at radius 3 is 2.57 bits per heavy atom. The standard InChI is InChI=1S/C24H30N2O2/c1-19-6-4-7-20(16-19)18-28-23-11-9-21(10-12-23)24(27)26-15-5-8-22(26)17-25-13-2-3-14-25/h4,6-7,9-12,16,22H,2-3,5,8,13-15,17-18H2,1H3. The molecule has 4 heteroatoms. The number of likely N-dealkylation sites (tertiary alicyclic amines) is 2. The maximum atomic E-state index is 13.0. The van der Waals surface area contributed by atoms with E-state index in [9.17, 15) is 4.79 Å². The number of carbonyl (C=O) groups excluding carboxylic acids is 1. The van der Waals surface area contributed by atoms with Crippen molar-refractivity contribution in [2.45, 2.75) is 45.3 Å². The number of amides is 1. The summed E-state index contributed by atoms with van der Waals surface area (Å²) in [6, 6.07) is 16.3. The van der Waals surface area contributed by atoms with Crippen LogP contribution < -0.4 is 4.74 Å². The first-order valence-corrected chi connectivity index (χ1v) is 10.5. The zero-order valence-corrected chi connectivity index (χ0v) is 16.8. The molecule has 2 heterocycles. The van der Waals surface area contributed by atoms with Gasteiger partial charge in [0.15, 0.2) is 0 Å². The molecule has 0 N–H and O–H groups in total. The first-order valence-electron chi connectivity index (χ1n) is 10.5. The third-order valence-corrected chi connectivity index (χ3v) is 5.89. The Balaban J connectivity index is 1.35. The SMILES string of the molecule is Cc1cccc(COc2ccc(C(=O)N3CCCC3CN3CCCC3)cc2)c1. The quantitative estimate of drug-likeness (QED) is 0.752. The number of benzene rings is 2.